The zero-order valence-corrected chi connectivity index (χ0v) is 22.7. The van der Waals surface area contributed by atoms with E-state index in [1.807, 2.05) is 6.07 Å². The number of sulfonamides is 1. The molecule has 2 aliphatic heterocycles. The first-order chi connectivity index (χ1) is 18.7. The fourth-order valence-electron chi connectivity index (χ4n) is 6.17. The van der Waals surface area contributed by atoms with Crippen LogP contribution < -0.4 is 15.6 Å². The number of para-hydroxylation sites is 1. The molecule has 2 aromatic carbocycles. The summed E-state index contributed by atoms with van der Waals surface area (Å²) in [5.41, 5.74) is 3.71. The minimum absolute atomic E-state index is 0.0136. The van der Waals surface area contributed by atoms with Crippen molar-refractivity contribution >= 4 is 38.2 Å². The van der Waals surface area contributed by atoms with E-state index in [0.29, 0.717) is 18.2 Å². The molecule has 0 aliphatic carbocycles. The van der Waals surface area contributed by atoms with E-state index in [9.17, 15) is 18.0 Å². The second kappa shape index (κ2) is 9.69. The summed E-state index contributed by atoms with van der Waals surface area (Å²) in [6.45, 7) is 4.55. The van der Waals surface area contributed by atoms with Gasteiger partial charge in [0.25, 0.3) is 15.6 Å². The number of likely N-dealkylation sites (tertiary alicyclic amines) is 1. The summed E-state index contributed by atoms with van der Waals surface area (Å²) in [4.78, 5) is 27.1. The number of aromatic nitrogens is 2. The number of piperidine rings is 1. The van der Waals surface area contributed by atoms with E-state index >= 15 is 0 Å². The van der Waals surface area contributed by atoms with E-state index in [1.165, 1.54) is 47.7 Å². The molecular weight excluding hydrogens is 514 g/mol. The SMILES string of the molecule is CC(=O)Nc1ccc(S(=O)(=O)Nc2ccc3n(c2=O)C[C@H]2C[C@@H]3CN(Cc3cn(C)c4ccccc34)C2)cc1. The quantitative estimate of drug-likeness (QED) is 0.384. The lowest BCUT2D eigenvalue weighted by atomic mass is 9.83. The first-order valence-corrected chi connectivity index (χ1v) is 14.6. The van der Waals surface area contributed by atoms with Crippen molar-refractivity contribution in [1.82, 2.24) is 14.0 Å². The van der Waals surface area contributed by atoms with E-state index in [-0.39, 0.29) is 28.0 Å². The molecule has 0 saturated carbocycles. The van der Waals surface area contributed by atoms with Gasteiger partial charge in [0, 0.05) is 74.5 Å². The Kier molecular flexibility index (Phi) is 6.31. The molecule has 2 atom stereocenters. The number of nitrogens with zero attached hydrogens (tertiary/aromatic N) is 3. The van der Waals surface area contributed by atoms with Crippen LogP contribution in [0, 0.1) is 5.92 Å². The highest BCUT2D eigenvalue weighted by Crippen LogP contribution is 2.36. The van der Waals surface area contributed by atoms with Crippen LogP contribution in [0.3, 0.4) is 0 Å². The van der Waals surface area contributed by atoms with E-state index in [0.717, 1.165) is 31.7 Å². The molecule has 4 heterocycles. The average Bonchev–Trinajstić information content (AvgIpc) is 3.21. The number of anilines is 2. The summed E-state index contributed by atoms with van der Waals surface area (Å²) in [7, 11) is -1.90. The Morgan fingerprint density at radius 2 is 1.77 bits per heavy atom. The highest BCUT2D eigenvalue weighted by molar-refractivity contribution is 7.92. The van der Waals surface area contributed by atoms with Crippen LogP contribution in [0.4, 0.5) is 11.4 Å². The van der Waals surface area contributed by atoms with E-state index in [1.54, 1.807) is 10.6 Å². The lowest BCUT2D eigenvalue weighted by Crippen LogP contribution is -2.47. The Bertz CT molecular complexity index is 1740. The van der Waals surface area contributed by atoms with Gasteiger partial charge < -0.3 is 14.5 Å². The van der Waals surface area contributed by atoms with Crippen LogP contribution in [0.1, 0.15) is 30.5 Å². The number of fused-ring (bicyclic) bond motifs is 5. The number of benzene rings is 2. The summed E-state index contributed by atoms with van der Waals surface area (Å²) in [6, 6.07) is 17.8. The fourth-order valence-corrected chi connectivity index (χ4v) is 7.23. The Balaban J connectivity index is 1.21. The van der Waals surface area contributed by atoms with Crippen LogP contribution in [0.5, 0.6) is 0 Å². The van der Waals surface area contributed by atoms with Gasteiger partial charge >= 0.3 is 0 Å². The standard InChI is InChI=1S/C29H31N5O4S/c1-19(35)30-23-7-9-24(10-8-23)39(37,38)31-26-11-12-27-21-13-20(15-34(27)29(26)36)14-33(17-21)18-22-16-32(2)28-6-4-3-5-25(22)28/h3-12,16,20-21,31H,13-15,17-18H2,1-2H3,(H,30,35)/t20-,21+/m0/s1. The predicted octanol–water partition coefficient (Wildman–Crippen LogP) is 3.72. The fraction of sp³-hybridized carbons (Fsp3) is 0.310. The minimum atomic E-state index is -3.97. The molecule has 10 heteroatoms. The van der Waals surface area contributed by atoms with Crippen molar-refractivity contribution in [1.29, 1.82) is 0 Å². The second-order valence-corrected chi connectivity index (χ2v) is 12.4. The molecule has 0 spiro atoms. The zero-order valence-electron chi connectivity index (χ0n) is 21.9. The van der Waals surface area contributed by atoms with Crippen LogP contribution in [0.25, 0.3) is 10.9 Å². The maximum atomic E-state index is 13.4. The van der Waals surface area contributed by atoms with Gasteiger partial charge in [-0.15, -0.1) is 0 Å². The summed E-state index contributed by atoms with van der Waals surface area (Å²) < 4.78 is 32.4. The molecule has 4 aromatic rings. The Labute approximate surface area is 227 Å². The van der Waals surface area contributed by atoms with Gasteiger partial charge in [0.15, 0.2) is 0 Å². The third kappa shape index (κ3) is 4.86. The van der Waals surface area contributed by atoms with Crippen LogP contribution >= 0.6 is 0 Å². The maximum Gasteiger partial charge on any atom is 0.275 e. The molecule has 0 unspecified atom stereocenters. The molecule has 2 N–H and O–H groups in total. The van der Waals surface area contributed by atoms with Gasteiger partial charge in [-0.05, 0) is 60.4 Å². The topological polar surface area (TPSA) is 105 Å². The minimum Gasteiger partial charge on any atom is -0.350 e. The monoisotopic (exact) mass is 545 g/mol. The molecule has 1 amide bonds. The molecular formula is C29H31N5O4S. The molecule has 1 saturated heterocycles. The molecule has 6 rings (SSSR count). The second-order valence-electron chi connectivity index (χ2n) is 10.7. The summed E-state index contributed by atoms with van der Waals surface area (Å²) in [5.74, 6) is 0.288. The zero-order chi connectivity index (χ0) is 27.3. The lowest BCUT2D eigenvalue weighted by Gasteiger charge is -2.43. The Morgan fingerprint density at radius 1 is 1.00 bits per heavy atom. The van der Waals surface area contributed by atoms with E-state index in [4.69, 9.17) is 0 Å². The lowest BCUT2D eigenvalue weighted by molar-refractivity contribution is -0.114. The molecule has 2 aliphatic rings. The number of carbonyl (C=O) groups excluding carboxylic acids is 1. The third-order valence-corrected chi connectivity index (χ3v) is 9.16. The smallest absolute Gasteiger partial charge is 0.275 e. The van der Waals surface area contributed by atoms with E-state index < -0.39 is 10.0 Å². The molecule has 2 bridgehead atoms. The number of pyridine rings is 1. The number of hydrogen-bond donors (Lipinski definition) is 2. The molecule has 0 radical (unpaired) electrons. The van der Waals surface area contributed by atoms with Gasteiger partial charge in [-0.2, -0.15) is 0 Å². The Morgan fingerprint density at radius 3 is 2.54 bits per heavy atom. The molecule has 2 aromatic heterocycles. The molecule has 9 nitrogen and oxygen atoms in total. The van der Waals surface area contributed by atoms with Crippen LogP contribution in [-0.2, 0) is 35.0 Å². The first kappa shape index (κ1) is 25.4. The van der Waals surface area contributed by atoms with Crippen molar-refractivity contribution in [3.63, 3.8) is 0 Å². The van der Waals surface area contributed by atoms with Crippen molar-refractivity contribution in [3.8, 4) is 0 Å². The third-order valence-electron chi connectivity index (χ3n) is 7.78. The highest BCUT2D eigenvalue weighted by atomic mass is 32.2. The van der Waals surface area contributed by atoms with Crippen LogP contribution in [0.15, 0.2) is 76.6 Å². The summed E-state index contributed by atoms with van der Waals surface area (Å²) in [5, 5.41) is 3.88. The van der Waals surface area contributed by atoms with Gasteiger partial charge in [0.2, 0.25) is 5.91 Å². The van der Waals surface area contributed by atoms with Crippen molar-refractivity contribution in [2.24, 2.45) is 13.0 Å². The number of carbonyl (C=O) groups is 1. The number of aryl methyl sites for hydroxylation is 1. The van der Waals surface area contributed by atoms with E-state index in [2.05, 4.69) is 57.0 Å². The molecule has 39 heavy (non-hydrogen) atoms. The largest absolute Gasteiger partial charge is 0.350 e. The van der Waals surface area contributed by atoms with Crippen LogP contribution in [0.2, 0.25) is 0 Å². The van der Waals surface area contributed by atoms with Gasteiger partial charge in [0.05, 0.1) is 4.90 Å². The Hall–Kier alpha value is -3.89. The van der Waals surface area contributed by atoms with Crippen LogP contribution in [-0.4, -0.2) is 41.4 Å². The number of rotatable bonds is 6. The summed E-state index contributed by atoms with van der Waals surface area (Å²) in [6.07, 6.45) is 3.23. The first-order valence-electron chi connectivity index (χ1n) is 13.1. The maximum absolute atomic E-state index is 13.4. The normalized spacial score (nSPS) is 19.0. The summed E-state index contributed by atoms with van der Waals surface area (Å²) >= 11 is 0. The number of nitrogens with one attached hydrogen (secondary N) is 2. The van der Waals surface area contributed by atoms with Crippen molar-refractivity contribution in [2.75, 3.05) is 23.1 Å². The molecule has 1 fully saturated rings. The predicted molar refractivity (Wildman–Crippen MR) is 151 cm³/mol. The highest BCUT2D eigenvalue weighted by Gasteiger charge is 2.35. The number of hydrogen-bond acceptors (Lipinski definition) is 5. The average molecular weight is 546 g/mol. The van der Waals surface area contributed by atoms with Gasteiger partial charge in [0.1, 0.15) is 5.69 Å². The molecule has 202 valence electrons. The van der Waals surface area contributed by atoms with Gasteiger partial charge in [-0.3, -0.25) is 19.2 Å². The van der Waals surface area contributed by atoms with Crippen molar-refractivity contribution < 1.29 is 13.2 Å². The number of amides is 1. The van der Waals surface area contributed by atoms with Crippen molar-refractivity contribution in [3.05, 3.63) is 88.5 Å². The van der Waals surface area contributed by atoms with Gasteiger partial charge in [-0.25, -0.2) is 8.42 Å². The van der Waals surface area contributed by atoms with Crippen molar-refractivity contribution in [2.45, 2.75) is 37.2 Å². The van der Waals surface area contributed by atoms with Gasteiger partial charge in [-0.1, -0.05) is 18.2 Å².